The number of methoxy groups -OCH3 is 1. The molecule has 210 valence electrons. The minimum Gasteiger partial charge on any atom is -0.480 e. The summed E-state index contributed by atoms with van der Waals surface area (Å²) in [4.78, 5) is 14.7. The summed E-state index contributed by atoms with van der Waals surface area (Å²) >= 11 is 0. The van der Waals surface area contributed by atoms with Gasteiger partial charge in [0.1, 0.15) is 34.4 Å². The first-order chi connectivity index (χ1) is 19.3. The van der Waals surface area contributed by atoms with Gasteiger partial charge in [-0.1, -0.05) is 6.07 Å². The van der Waals surface area contributed by atoms with Gasteiger partial charge in [0.05, 0.1) is 25.8 Å². The van der Waals surface area contributed by atoms with E-state index in [0.29, 0.717) is 17.4 Å². The van der Waals surface area contributed by atoms with E-state index < -0.39 is 26.6 Å². The van der Waals surface area contributed by atoms with Crippen molar-refractivity contribution in [1.29, 1.82) is 0 Å². The van der Waals surface area contributed by atoms with Crippen molar-refractivity contribution in [3.05, 3.63) is 66.6 Å². The maximum Gasteiger partial charge on any atom is 0.264 e. The van der Waals surface area contributed by atoms with Crippen molar-refractivity contribution < 1.29 is 26.7 Å². The molecule has 1 fully saturated rings. The molecule has 5 rings (SSSR count). The molecule has 4 aromatic rings. The monoisotopic (exact) mass is 570 g/mol. The van der Waals surface area contributed by atoms with Crippen LogP contribution < -0.4 is 14.8 Å². The topological polar surface area (TPSA) is 119 Å². The third-order valence-corrected chi connectivity index (χ3v) is 7.89. The lowest BCUT2D eigenvalue weighted by Gasteiger charge is -2.26. The molecule has 40 heavy (non-hydrogen) atoms. The van der Waals surface area contributed by atoms with E-state index in [9.17, 15) is 17.2 Å². The Balaban J connectivity index is 1.38. The van der Waals surface area contributed by atoms with E-state index in [-0.39, 0.29) is 11.6 Å². The van der Waals surface area contributed by atoms with E-state index in [1.807, 2.05) is 18.2 Å². The lowest BCUT2D eigenvalue weighted by molar-refractivity contribution is 0.0378. The fraction of sp³-hybridized carbons (Fsp3) is 0.296. The highest BCUT2D eigenvalue weighted by molar-refractivity contribution is 7.92. The summed E-state index contributed by atoms with van der Waals surface area (Å²) in [7, 11) is -3.07. The molecule has 0 spiro atoms. The van der Waals surface area contributed by atoms with Gasteiger partial charge in [-0.15, -0.1) is 0 Å². The Bertz CT molecular complexity index is 1620. The number of nitrogens with one attached hydrogen (secondary N) is 2. The van der Waals surface area contributed by atoms with Crippen molar-refractivity contribution in [2.75, 3.05) is 56.5 Å². The van der Waals surface area contributed by atoms with Crippen molar-refractivity contribution in [1.82, 2.24) is 19.9 Å². The van der Waals surface area contributed by atoms with Gasteiger partial charge in [0, 0.05) is 42.8 Å². The second kappa shape index (κ2) is 12.1. The van der Waals surface area contributed by atoms with Crippen LogP contribution in [0.25, 0.3) is 22.0 Å². The number of rotatable bonds is 10. The third kappa shape index (κ3) is 6.27. The van der Waals surface area contributed by atoms with Crippen LogP contribution in [-0.2, 0) is 14.8 Å². The minimum absolute atomic E-state index is 0.00500. The van der Waals surface area contributed by atoms with Crippen LogP contribution in [0.4, 0.5) is 20.3 Å². The van der Waals surface area contributed by atoms with Gasteiger partial charge in [-0.05, 0) is 48.9 Å². The normalized spacial score (nSPS) is 14.3. The van der Waals surface area contributed by atoms with Gasteiger partial charge in [-0.2, -0.15) is 0 Å². The van der Waals surface area contributed by atoms with Gasteiger partial charge in [-0.25, -0.2) is 32.2 Å². The van der Waals surface area contributed by atoms with Crippen LogP contribution >= 0.6 is 0 Å². The predicted molar refractivity (Wildman–Crippen MR) is 147 cm³/mol. The van der Waals surface area contributed by atoms with E-state index in [2.05, 4.69) is 29.9 Å². The van der Waals surface area contributed by atoms with Gasteiger partial charge in [0.15, 0.2) is 0 Å². The maximum atomic E-state index is 14.2. The number of benzene rings is 2. The summed E-state index contributed by atoms with van der Waals surface area (Å²) in [6.07, 6.45) is 3.98. The maximum absolute atomic E-state index is 14.2. The second-order valence-electron chi connectivity index (χ2n) is 9.15. The highest BCUT2D eigenvalue weighted by Gasteiger charge is 2.22. The van der Waals surface area contributed by atoms with Crippen LogP contribution in [0, 0.1) is 11.6 Å². The summed E-state index contributed by atoms with van der Waals surface area (Å²) in [5, 5.41) is 4.19. The highest BCUT2D eigenvalue weighted by Crippen LogP contribution is 2.32. The van der Waals surface area contributed by atoms with Crippen molar-refractivity contribution in [3.63, 3.8) is 0 Å². The minimum atomic E-state index is -4.41. The average Bonchev–Trinajstić information content (AvgIpc) is 2.95. The van der Waals surface area contributed by atoms with E-state index in [1.54, 1.807) is 0 Å². The summed E-state index contributed by atoms with van der Waals surface area (Å²) in [6.45, 7) is 5.09. The van der Waals surface area contributed by atoms with Crippen LogP contribution in [0.1, 0.15) is 6.42 Å². The molecule has 2 aromatic carbocycles. The van der Waals surface area contributed by atoms with Crippen molar-refractivity contribution in [3.8, 4) is 17.0 Å². The number of nitrogens with zero attached hydrogens (tertiary/aromatic N) is 4. The smallest absolute Gasteiger partial charge is 0.264 e. The SMILES string of the molecule is COc1ncc(-c2ccc3ncnc(NCCCN4CCOCC4)c3c2)cc1NS(=O)(=O)c1ccc(F)cc1F. The van der Waals surface area contributed by atoms with E-state index in [4.69, 9.17) is 9.47 Å². The number of aromatic nitrogens is 3. The highest BCUT2D eigenvalue weighted by atomic mass is 32.2. The van der Waals surface area contributed by atoms with Crippen molar-refractivity contribution in [2.24, 2.45) is 0 Å². The molecule has 0 saturated carbocycles. The molecule has 1 aliphatic heterocycles. The molecule has 0 unspecified atom stereocenters. The first-order valence-corrected chi connectivity index (χ1v) is 14.1. The largest absolute Gasteiger partial charge is 0.480 e. The molecule has 2 N–H and O–H groups in total. The van der Waals surface area contributed by atoms with Crippen molar-refractivity contribution in [2.45, 2.75) is 11.3 Å². The Morgan fingerprint density at radius 2 is 1.85 bits per heavy atom. The lowest BCUT2D eigenvalue weighted by Crippen LogP contribution is -2.37. The van der Waals surface area contributed by atoms with Gasteiger partial charge in [0.2, 0.25) is 5.88 Å². The Morgan fingerprint density at radius 3 is 2.62 bits per heavy atom. The first kappa shape index (κ1) is 27.6. The molecule has 10 nitrogen and oxygen atoms in total. The second-order valence-corrected chi connectivity index (χ2v) is 10.8. The number of halogens is 2. The number of fused-ring (bicyclic) bond motifs is 1. The molecule has 0 atom stereocenters. The Morgan fingerprint density at radius 1 is 1.02 bits per heavy atom. The zero-order chi connectivity index (χ0) is 28.1. The van der Waals surface area contributed by atoms with Crippen LogP contribution in [0.3, 0.4) is 0 Å². The van der Waals surface area contributed by atoms with Crippen LogP contribution in [0.5, 0.6) is 5.88 Å². The third-order valence-electron chi connectivity index (χ3n) is 6.49. The van der Waals surface area contributed by atoms with Gasteiger partial charge in [0.25, 0.3) is 10.0 Å². The molecule has 0 radical (unpaired) electrons. The number of anilines is 2. The van der Waals surface area contributed by atoms with Crippen LogP contribution in [-0.4, -0.2) is 74.8 Å². The Kier molecular flexibility index (Phi) is 8.33. The number of pyridine rings is 1. The Labute approximate surface area is 230 Å². The Hall–Kier alpha value is -3.94. The van der Waals surface area contributed by atoms with Gasteiger partial charge in [-0.3, -0.25) is 9.62 Å². The summed E-state index contributed by atoms with van der Waals surface area (Å²) in [5.41, 5.74) is 2.03. The number of ether oxygens (including phenoxy) is 2. The fourth-order valence-electron chi connectivity index (χ4n) is 4.45. The number of sulfonamides is 1. The van der Waals surface area contributed by atoms with Gasteiger partial charge < -0.3 is 14.8 Å². The molecular formula is C27H28F2N6O4S. The molecule has 0 amide bonds. The molecule has 0 bridgehead atoms. The lowest BCUT2D eigenvalue weighted by atomic mass is 10.0. The zero-order valence-electron chi connectivity index (χ0n) is 21.7. The van der Waals surface area contributed by atoms with E-state index in [1.165, 1.54) is 25.7 Å². The molecule has 2 aromatic heterocycles. The number of hydrogen-bond donors (Lipinski definition) is 2. The first-order valence-electron chi connectivity index (χ1n) is 12.6. The van der Waals surface area contributed by atoms with Crippen LogP contribution in [0.2, 0.25) is 0 Å². The number of hydrogen-bond acceptors (Lipinski definition) is 9. The van der Waals surface area contributed by atoms with E-state index in [0.717, 1.165) is 74.4 Å². The van der Waals surface area contributed by atoms with Crippen LogP contribution in [0.15, 0.2) is 59.9 Å². The average molecular weight is 571 g/mol. The summed E-state index contributed by atoms with van der Waals surface area (Å²) in [5.74, 6) is -1.43. The standard InChI is InChI=1S/C27H28F2N6O4S/c1-38-27-24(34-40(36,37)25-6-4-20(28)15-22(25)29)14-19(16-31-27)18-3-5-23-21(13-18)26(33-17-32-23)30-7-2-8-35-9-11-39-12-10-35/h3-6,13-17,34H,2,7-12H2,1H3,(H,30,32,33). The predicted octanol–water partition coefficient (Wildman–Crippen LogP) is 3.91. The molecule has 0 aliphatic carbocycles. The summed E-state index contributed by atoms with van der Waals surface area (Å²) < 4.78 is 66.3. The number of morpholine rings is 1. The summed E-state index contributed by atoms with van der Waals surface area (Å²) in [6, 6.07) is 9.33. The van der Waals surface area contributed by atoms with E-state index >= 15 is 0 Å². The molecule has 1 aliphatic rings. The molecule has 3 heterocycles. The molecule has 13 heteroatoms. The van der Waals surface area contributed by atoms with Gasteiger partial charge >= 0.3 is 0 Å². The molecular weight excluding hydrogens is 542 g/mol. The van der Waals surface area contributed by atoms with Crippen molar-refractivity contribution >= 4 is 32.4 Å². The quantitative estimate of drug-likeness (QED) is 0.274. The molecule has 1 saturated heterocycles. The fourth-order valence-corrected chi connectivity index (χ4v) is 5.56. The zero-order valence-corrected chi connectivity index (χ0v) is 22.5.